The summed E-state index contributed by atoms with van der Waals surface area (Å²) < 4.78 is 2.41. The lowest BCUT2D eigenvalue weighted by molar-refractivity contribution is -0.131. The molecular weight excluding hydrogens is 250 g/mol. The van der Waals surface area contributed by atoms with Gasteiger partial charge in [0.2, 0.25) is 5.91 Å². The van der Waals surface area contributed by atoms with Crippen molar-refractivity contribution < 1.29 is 4.79 Å². The Morgan fingerprint density at radius 2 is 2.10 bits per heavy atom. The number of aryl methyl sites for hydroxylation is 1. The van der Waals surface area contributed by atoms with Crippen LogP contribution in [-0.2, 0) is 11.3 Å². The Bertz CT molecular complexity index is 528. The van der Waals surface area contributed by atoms with Crippen molar-refractivity contribution in [2.24, 2.45) is 11.8 Å². The fraction of sp³-hybridized carbons (Fsp3) is 0.750. The summed E-state index contributed by atoms with van der Waals surface area (Å²) >= 11 is 0. The first-order chi connectivity index (χ1) is 9.72. The third-order valence-electron chi connectivity index (χ3n) is 4.99. The third kappa shape index (κ3) is 2.25. The zero-order valence-electron chi connectivity index (χ0n) is 12.2. The van der Waals surface area contributed by atoms with Gasteiger partial charge in [-0.15, -0.1) is 0 Å². The predicted molar refractivity (Wildman–Crippen MR) is 76.4 cm³/mol. The summed E-state index contributed by atoms with van der Waals surface area (Å²) in [6, 6.07) is 0. The molecule has 4 nitrogen and oxygen atoms in total. The van der Waals surface area contributed by atoms with E-state index < -0.39 is 0 Å². The van der Waals surface area contributed by atoms with Gasteiger partial charge in [-0.2, -0.15) is 0 Å². The van der Waals surface area contributed by atoms with Gasteiger partial charge in [-0.25, -0.2) is 4.98 Å². The van der Waals surface area contributed by atoms with Crippen LogP contribution in [0.2, 0.25) is 0 Å². The Morgan fingerprint density at radius 3 is 2.80 bits per heavy atom. The van der Waals surface area contributed by atoms with Crippen molar-refractivity contribution in [3.8, 4) is 0 Å². The molecule has 1 atom stereocenters. The van der Waals surface area contributed by atoms with Crippen LogP contribution in [0.4, 0.5) is 0 Å². The number of imidazole rings is 1. The standard InChI is InChI=1S/C16H23N3O/c1-11-8-17-15(13-2-3-13)19(11)10-12-6-7-18(9-12)16(20)14-4-5-14/h8,12-14H,2-7,9-10H2,1H3. The number of carbonyl (C=O) groups excluding carboxylic acids is 1. The molecule has 1 aliphatic heterocycles. The van der Waals surface area contributed by atoms with E-state index in [0.29, 0.717) is 23.7 Å². The minimum Gasteiger partial charge on any atom is -0.342 e. The maximum Gasteiger partial charge on any atom is 0.225 e. The quantitative estimate of drug-likeness (QED) is 0.844. The van der Waals surface area contributed by atoms with Crippen LogP contribution in [0.1, 0.15) is 49.5 Å². The molecular formula is C16H23N3O. The van der Waals surface area contributed by atoms with Crippen molar-refractivity contribution in [3.05, 3.63) is 17.7 Å². The molecule has 2 heterocycles. The van der Waals surface area contributed by atoms with E-state index in [-0.39, 0.29) is 0 Å². The smallest absolute Gasteiger partial charge is 0.225 e. The minimum absolute atomic E-state index is 0.366. The van der Waals surface area contributed by atoms with Crippen molar-refractivity contribution in [3.63, 3.8) is 0 Å². The minimum atomic E-state index is 0.366. The summed E-state index contributed by atoms with van der Waals surface area (Å²) in [5.74, 6) is 3.38. The summed E-state index contributed by atoms with van der Waals surface area (Å²) in [7, 11) is 0. The summed E-state index contributed by atoms with van der Waals surface area (Å²) in [5, 5.41) is 0. The first-order valence-electron chi connectivity index (χ1n) is 8.03. The van der Waals surface area contributed by atoms with Gasteiger partial charge in [0.15, 0.2) is 0 Å². The third-order valence-corrected chi connectivity index (χ3v) is 4.99. The summed E-state index contributed by atoms with van der Waals surface area (Å²) in [6.07, 6.45) is 8.00. The van der Waals surface area contributed by atoms with Crippen molar-refractivity contribution in [1.29, 1.82) is 0 Å². The molecule has 0 radical (unpaired) electrons. The molecule has 3 aliphatic rings. The number of hydrogen-bond donors (Lipinski definition) is 0. The lowest BCUT2D eigenvalue weighted by Gasteiger charge is -2.18. The van der Waals surface area contributed by atoms with Gasteiger partial charge in [-0.3, -0.25) is 4.79 Å². The molecule has 1 amide bonds. The van der Waals surface area contributed by atoms with Crippen LogP contribution in [-0.4, -0.2) is 33.4 Å². The van der Waals surface area contributed by atoms with Gasteiger partial charge in [0.25, 0.3) is 0 Å². The molecule has 0 aromatic carbocycles. The molecule has 4 rings (SSSR count). The maximum atomic E-state index is 12.1. The lowest BCUT2D eigenvalue weighted by atomic mass is 10.1. The number of likely N-dealkylation sites (tertiary alicyclic amines) is 1. The van der Waals surface area contributed by atoms with Crippen LogP contribution >= 0.6 is 0 Å². The fourth-order valence-corrected chi connectivity index (χ4v) is 3.41. The van der Waals surface area contributed by atoms with Crippen LogP contribution in [0.25, 0.3) is 0 Å². The molecule has 1 saturated heterocycles. The molecule has 1 aromatic rings. The first-order valence-corrected chi connectivity index (χ1v) is 8.03. The molecule has 1 unspecified atom stereocenters. The summed E-state index contributed by atoms with van der Waals surface area (Å²) in [4.78, 5) is 18.8. The van der Waals surface area contributed by atoms with Crippen LogP contribution in [0.15, 0.2) is 6.20 Å². The van der Waals surface area contributed by atoms with Crippen LogP contribution in [0.5, 0.6) is 0 Å². The largest absolute Gasteiger partial charge is 0.342 e. The molecule has 3 fully saturated rings. The zero-order valence-corrected chi connectivity index (χ0v) is 12.2. The topological polar surface area (TPSA) is 38.1 Å². The van der Waals surface area contributed by atoms with Gasteiger partial charge in [0, 0.05) is 43.4 Å². The molecule has 0 N–H and O–H groups in total. The van der Waals surface area contributed by atoms with E-state index in [0.717, 1.165) is 38.9 Å². The number of nitrogens with zero attached hydrogens (tertiary/aromatic N) is 3. The van der Waals surface area contributed by atoms with Gasteiger partial charge >= 0.3 is 0 Å². The van der Waals surface area contributed by atoms with Gasteiger partial charge in [-0.1, -0.05) is 0 Å². The van der Waals surface area contributed by atoms with E-state index >= 15 is 0 Å². The first kappa shape index (κ1) is 12.4. The highest BCUT2D eigenvalue weighted by Crippen LogP contribution is 2.40. The predicted octanol–water partition coefficient (Wildman–Crippen LogP) is 2.33. The second-order valence-corrected chi connectivity index (χ2v) is 6.86. The normalized spacial score (nSPS) is 26.2. The Labute approximate surface area is 120 Å². The van der Waals surface area contributed by atoms with Gasteiger partial charge in [0.1, 0.15) is 5.82 Å². The van der Waals surface area contributed by atoms with E-state index in [4.69, 9.17) is 0 Å². The van der Waals surface area contributed by atoms with Crippen molar-refractivity contribution in [2.45, 2.75) is 51.5 Å². The summed E-state index contributed by atoms with van der Waals surface area (Å²) in [6.45, 7) is 5.12. The number of amides is 1. The van der Waals surface area contributed by atoms with E-state index in [9.17, 15) is 4.79 Å². The molecule has 2 saturated carbocycles. The van der Waals surface area contributed by atoms with E-state index in [1.807, 2.05) is 6.20 Å². The monoisotopic (exact) mass is 273 g/mol. The second-order valence-electron chi connectivity index (χ2n) is 6.86. The number of carbonyl (C=O) groups is 1. The van der Waals surface area contributed by atoms with Crippen molar-refractivity contribution >= 4 is 5.91 Å². The number of rotatable bonds is 4. The maximum absolute atomic E-state index is 12.1. The van der Waals surface area contributed by atoms with Crippen LogP contribution in [0.3, 0.4) is 0 Å². The fourth-order valence-electron chi connectivity index (χ4n) is 3.41. The molecule has 108 valence electrons. The lowest BCUT2D eigenvalue weighted by Crippen LogP contribution is -2.30. The Balaban J connectivity index is 1.42. The second kappa shape index (κ2) is 4.61. The van der Waals surface area contributed by atoms with Gasteiger partial charge < -0.3 is 9.47 Å². The zero-order chi connectivity index (χ0) is 13.7. The highest BCUT2D eigenvalue weighted by atomic mass is 16.2. The average molecular weight is 273 g/mol. The Kier molecular flexibility index (Phi) is 2.86. The molecule has 0 bridgehead atoms. The van der Waals surface area contributed by atoms with E-state index in [2.05, 4.69) is 21.4 Å². The highest BCUT2D eigenvalue weighted by Gasteiger charge is 2.37. The van der Waals surface area contributed by atoms with Crippen LogP contribution < -0.4 is 0 Å². The van der Waals surface area contributed by atoms with Crippen molar-refractivity contribution in [1.82, 2.24) is 14.5 Å². The van der Waals surface area contributed by atoms with Crippen LogP contribution in [0, 0.1) is 18.8 Å². The Hall–Kier alpha value is -1.32. The number of hydrogen-bond acceptors (Lipinski definition) is 2. The average Bonchev–Trinajstić information content (AvgIpc) is 3.36. The molecule has 0 spiro atoms. The Morgan fingerprint density at radius 1 is 1.30 bits per heavy atom. The number of aromatic nitrogens is 2. The molecule has 2 aliphatic carbocycles. The molecule has 1 aromatic heterocycles. The van der Waals surface area contributed by atoms with E-state index in [1.54, 1.807) is 0 Å². The highest BCUT2D eigenvalue weighted by molar-refractivity contribution is 5.81. The SMILES string of the molecule is Cc1cnc(C2CC2)n1CC1CCN(C(=O)C2CC2)C1. The molecule has 20 heavy (non-hydrogen) atoms. The molecule has 4 heteroatoms. The van der Waals surface area contributed by atoms with Gasteiger partial charge in [-0.05, 0) is 44.9 Å². The summed E-state index contributed by atoms with van der Waals surface area (Å²) in [5.41, 5.74) is 1.28. The van der Waals surface area contributed by atoms with Crippen molar-refractivity contribution in [2.75, 3.05) is 13.1 Å². The van der Waals surface area contributed by atoms with E-state index in [1.165, 1.54) is 24.4 Å². The van der Waals surface area contributed by atoms with Gasteiger partial charge in [0.05, 0.1) is 0 Å².